The molecule has 0 radical (unpaired) electrons. The Morgan fingerprint density at radius 2 is 2.25 bits per heavy atom. The number of hydrogen-bond acceptors (Lipinski definition) is 7. The van der Waals surface area contributed by atoms with E-state index in [1.807, 2.05) is 0 Å². The van der Waals surface area contributed by atoms with Crippen molar-refractivity contribution in [3.8, 4) is 5.13 Å². The minimum absolute atomic E-state index is 0.0211. The predicted octanol–water partition coefficient (Wildman–Crippen LogP) is 1.50. The molecule has 0 fully saturated rings. The summed E-state index contributed by atoms with van der Waals surface area (Å²) in [6.45, 7) is 1.73. The normalized spacial score (nSPS) is 11.6. The van der Waals surface area contributed by atoms with Crippen LogP contribution in [0.5, 0.6) is 0 Å². The van der Waals surface area contributed by atoms with Crippen molar-refractivity contribution >= 4 is 23.2 Å². The third kappa shape index (κ3) is 2.71. The molecule has 108 valence electrons. The summed E-state index contributed by atoms with van der Waals surface area (Å²) in [6.07, 6.45) is -3.47. The lowest BCUT2D eigenvalue weighted by atomic mass is 10.4. The van der Waals surface area contributed by atoms with E-state index in [4.69, 9.17) is 10.5 Å². The average molecular weight is 307 g/mol. The third-order valence-electron chi connectivity index (χ3n) is 2.08. The second-order valence-corrected chi connectivity index (χ2v) is 4.23. The van der Waals surface area contributed by atoms with E-state index in [1.165, 1.54) is 6.20 Å². The van der Waals surface area contributed by atoms with Gasteiger partial charge in [-0.05, 0) is 6.92 Å². The summed E-state index contributed by atoms with van der Waals surface area (Å²) >= 11 is 0.488. The summed E-state index contributed by atoms with van der Waals surface area (Å²) in [6, 6.07) is 0. The Labute approximate surface area is 114 Å². The van der Waals surface area contributed by atoms with E-state index < -0.39 is 18.0 Å². The zero-order chi connectivity index (χ0) is 14.9. The van der Waals surface area contributed by atoms with Gasteiger partial charge >= 0.3 is 12.1 Å². The lowest BCUT2D eigenvalue weighted by molar-refractivity contribution is -0.144. The number of halogens is 3. The van der Waals surface area contributed by atoms with Crippen LogP contribution < -0.4 is 5.73 Å². The van der Waals surface area contributed by atoms with E-state index in [-0.39, 0.29) is 23.1 Å². The maximum Gasteiger partial charge on any atom is 0.452 e. The van der Waals surface area contributed by atoms with Crippen molar-refractivity contribution in [2.24, 2.45) is 0 Å². The van der Waals surface area contributed by atoms with E-state index in [1.54, 1.807) is 6.92 Å². The summed E-state index contributed by atoms with van der Waals surface area (Å²) in [5.41, 5.74) is 5.35. The zero-order valence-electron chi connectivity index (χ0n) is 10.0. The van der Waals surface area contributed by atoms with Crippen LogP contribution in [0.1, 0.15) is 23.2 Å². The molecule has 0 unspecified atom stereocenters. The molecular formula is C9H8F3N5O2S. The summed E-state index contributed by atoms with van der Waals surface area (Å²) in [4.78, 5) is 14.8. The first-order chi connectivity index (χ1) is 9.32. The molecule has 0 aliphatic heterocycles. The zero-order valence-corrected chi connectivity index (χ0v) is 10.8. The lowest BCUT2D eigenvalue weighted by Crippen LogP contribution is -2.09. The van der Waals surface area contributed by atoms with Crippen LogP contribution in [0.2, 0.25) is 0 Å². The van der Waals surface area contributed by atoms with Gasteiger partial charge < -0.3 is 10.5 Å². The van der Waals surface area contributed by atoms with Crippen LogP contribution in [0.15, 0.2) is 6.20 Å². The maximum atomic E-state index is 12.4. The Bertz CT molecular complexity index is 636. The third-order valence-corrected chi connectivity index (χ3v) is 2.78. The van der Waals surface area contributed by atoms with Gasteiger partial charge in [0.2, 0.25) is 11.0 Å². The van der Waals surface area contributed by atoms with Crippen LogP contribution in [-0.4, -0.2) is 31.7 Å². The number of nitrogen functional groups attached to an aromatic ring is 1. The molecule has 2 aromatic rings. The molecule has 0 spiro atoms. The van der Waals surface area contributed by atoms with Crippen molar-refractivity contribution in [3.05, 3.63) is 17.7 Å². The maximum absolute atomic E-state index is 12.4. The van der Waals surface area contributed by atoms with Gasteiger partial charge in [0, 0.05) is 11.5 Å². The van der Waals surface area contributed by atoms with Crippen molar-refractivity contribution in [1.29, 1.82) is 0 Å². The van der Waals surface area contributed by atoms with Crippen LogP contribution in [0.3, 0.4) is 0 Å². The molecule has 2 aromatic heterocycles. The van der Waals surface area contributed by atoms with Crippen molar-refractivity contribution in [3.63, 3.8) is 0 Å². The number of carbonyl (C=O) groups is 1. The van der Waals surface area contributed by atoms with Gasteiger partial charge in [0.1, 0.15) is 0 Å². The van der Waals surface area contributed by atoms with Crippen molar-refractivity contribution in [2.45, 2.75) is 13.1 Å². The minimum atomic E-state index is -4.64. The number of esters is 1. The van der Waals surface area contributed by atoms with E-state index in [0.717, 1.165) is 4.68 Å². The molecule has 0 aliphatic carbocycles. The SMILES string of the molecule is CCOC(=O)c1nn(-c2nc(C(F)(F)F)ns2)cc1N. The molecule has 7 nitrogen and oxygen atoms in total. The molecule has 0 aliphatic rings. The summed E-state index contributed by atoms with van der Waals surface area (Å²) < 4.78 is 46.0. The van der Waals surface area contributed by atoms with Crippen molar-refractivity contribution in [1.82, 2.24) is 19.1 Å². The van der Waals surface area contributed by atoms with Gasteiger partial charge in [0.05, 0.1) is 18.5 Å². The molecule has 11 heteroatoms. The lowest BCUT2D eigenvalue weighted by Gasteiger charge is -1.98. The van der Waals surface area contributed by atoms with Crippen LogP contribution >= 0.6 is 11.5 Å². The molecular weight excluding hydrogens is 299 g/mol. The molecule has 2 heterocycles. The topological polar surface area (TPSA) is 95.9 Å². The van der Waals surface area contributed by atoms with E-state index in [9.17, 15) is 18.0 Å². The fourth-order valence-corrected chi connectivity index (χ4v) is 1.88. The van der Waals surface area contributed by atoms with Gasteiger partial charge in [-0.3, -0.25) is 0 Å². The fraction of sp³-hybridized carbons (Fsp3) is 0.333. The Morgan fingerprint density at radius 3 is 2.80 bits per heavy atom. The van der Waals surface area contributed by atoms with Gasteiger partial charge in [0.15, 0.2) is 5.69 Å². The number of aromatic nitrogens is 4. The standard InChI is InChI=1S/C9H8F3N5O2S/c1-2-19-6(18)5-4(13)3-17(15-5)8-14-7(16-20-8)9(10,11)12/h3H,2,13H2,1H3. The Hall–Kier alpha value is -2.17. The van der Waals surface area contributed by atoms with Crippen molar-refractivity contribution in [2.75, 3.05) is 12.3 Å². The number of ether oxygens (including phenoxy) is 1. The first-order valence-electron chi connectivity index (χ1n) is 5.26. The fourth-order valence-electron chi connectivity index (χ4n) is 1.27. The molecule has 2 rings (SSSR count). The summed E-state index contributed by atoms with van der Waals surface area (Å²) in [7, 11) is 0. The first kappa shape index (κ1) is 14.2. The quantitative estimate of drug-likeness (QED) is 0.863. The molecule has 0 bridgehead atoms. The number of anilines is 1. The molecule has 0 saturated carbocycles. The first-order valence-corrected chi connectivity index (χ1v) is 6.03. The smallest absolute Gasteiger partial charge is 0.452 e. The number of rotatable bonds is 3. The van der Waals surface area contributed by atoms with Gasteiger partial charge in [-0.2, -0.15) is 27.6 Å². The molecule has 0 atom stereocenters. The monoisotopic (exact) mass is 307 g/mol. The van der Waals surface area contributed by atoms with Crippen molar-refractivity contribution < 1.29 is 22.7 Å². The van der Waals surface area contributed by atoms with Crippen LogP contribution in [-0.2, 0) is 10.9 Å². The Balaban J connectivity index is 2.33. The number of nitrogens with two attached hydrogens (primary N) is 1. The van der Waals surface area contributed by atoms with Gasteiger partial charge in [-0.15, -0.1) is 0 Å². The largest absolute Gasteiger partial charge is 0.461 e. The van der Waals surface area contributed by atoms with Gasteiger partial charge in [0.25, 0.3) is 0 Å². The highest BCUT2D eigenvalue weighted by atomic mass is 32.1. The number of hydrogen-bond donors (Lipinski definition) is 1. The molecule has 2 N–H and O–H groups in total. The number of nitrogens with zero attached hydrogens (tertiary/aromatic N) is 4. The van der Waals surface area contributed by atoms with Crippen LogP contribution in [0.25, 0.3) is 5.13 Å². The highest BCUT2D eigenvalue weighted by Crippen LogP contribution is 2.28. The number of alkyl halides is 3. The summed E-state index contributed by atoms with van der Waals surface area (Å²) in [5, 5.41) is 3.60. The summed E-state index contributed by atoms with van der Waals surface area (Å²) in [5.74, 6) is -2.03. The molecule has 20 heavy (non-hydrogen) atoms. The molecule has 0 saturated heterocycles. The van der Waals surface area contributed by atoms with Crippen LogP contribution in [0, 0.1) is 0 Å². The highest BCUT2D eigenvalue weighted by molar-refractivity contribution is 7.08. The highest BCUT2D eigenvalue weighted by Gasteiger charge is 2.36. The van der Waals surface area contributed by atoms with E-state index >= 15 is 0 Å². The minimum Gasteiger partial charge on any atom is -0.461 e. The van der Waals surface area contributed by atoms with Gasteiger partial charge in [-0.1, -0.05) is 0 Å². The molecule has 0 aromatic carbocycles. The molecule has 0 amide bonds. The van der Waals surface area contributed by atoms with Crippen LogP contribution in [0.4, 0.5) is 18.9 Å². The van der Waals surface area contributed by atoms with E-state index in [0.29, 0.717) is 11.5 Å². The van der Waals surface area contributed by atoms with E-state index in [2.05, 4.69) is 14.5 Å². The average Bonchev–Trinajstić information content (AvgIpc) is 2.94. The Morgan fingerprint density at radius 1 is 1.55 bits per heavy atom. The second kappa shape index (κ2) is 5.07. The predicted molar refractivity (Wildman–Crippen MR) is 62.4 cm³/mol. The number of carbonyl (C=O) groups excluding carboxylic acids is 1. The second-order valence-electron chi connectivity index (χ2n) is 3.50. The Kier molecular flexibility index (Phi) is 3.61. The van der Waals surface area contributed by atoms with Gasteiger partial charge in [-0.25, -0.2) is 9.48 Å².